The topological polar surface area (TPSA) is 42.7 Å². The van der Waals surface area contributed by atoms with Crippen LogP contribution in [-0.4, -0.2) is 20.7 Å². The maximum absolute atomic E-state index is 12.5. The maximum Gasteiger partial charge on any atom is 0.193 e. The summed E-state index contributed by atoms with van der Waals surface area (Å²) in [6.45, 7) is 2.68. The van der Waals surface area contributed by atoms with Crippen LogP contribution in [0.4, 0.5) is 5.69 Å². The minimum Gasteiger partial charge on any atom is -0.494 e. The number of benzene rings is 2. The van der Waals surface area contributed by atoms with Crippen molar-refractivity contribution in [2.24, 2.45) is 0 Å². The Morgan fingerprint density at radius 3 is 2.46 bits per heavy atom. The summed E-state index contributed by atoms with van der Waals surface area (Å²) in [5.41, 5.74) is 2.48. The Morgan fingerprint density at radius 2 is 1.79 bits per heavy atom. The average Bonchev–Trinajstić information content (AvgIpc) is 2.60. The summed E-state index contributed by atoms with van der Waals surface area (Å²) in [4.78, 5) is 14.5. The molecule has 1 heterocycles. The van der Waals surface area contributed by atoms with E-state index < -0.39 is 0 Å². The number of ether oxygens (including phenoxy) is 1. The van der Waals surface area contributed by atoms with Gasteiger partial charge in [0, 0.05) is 31.4 Å². The molecule has 0 spiro atoms. The zero-order valence-electron chi connectivity index (χ0n) is 14.2. The van der Waals surface area contributed by atoms with Crippen molar-refractivity contribution in [3.63, 3.8) is 0 Å². The first-order valence-electron chi connectivity index (χ1n) is 8.07. The Kier molecular flexibility index (Phi) is 4.56. The van der Waals surface area contributed by atoms with Gasteiger partial charge in [0.05, 0.1) is 12.0 Å². The summed E-state index contributed by atoms with van der Waals surface area (Å²) in [5.74, 6) is 1.26. The van der Waals surface area contributed by atoms with Crippen LogP contribution in [0.3, 0.4) is 0 Å². The quantitative estimate of drug-likeness (QED) is 0.701. The molecule has 0 saturated heterocycles. The summed E-state index contributed by atoms with van der Waals surface area (Å²) in [5, 5.41) is 0.539. The third-order valence-corrected chi connectivity index (χ3v) is 3.84. The van der Waals surface area contributed by atoms with Crippen LogP contribution in [0.15, 0.2) is 57.7 Å². The normalized spacial score (nSPS) is 10.8. The van der Waals surface area contributed by atoms with Gasteiger partial charge in [-0.1, -0.05) is 6.92 Å². The molecular formula is C20H21NO3. The van der Waals surface area contributed by atoms with Crippen LogP contribution >= 0.6 is 0 Å². The molecule has 4 heteroatoms. The first-order chi connectivity index (χ1) is 11.6. The van der Waals surface area contributed by atoms with Crippen molar-refractivity contribution < 1.29 is 9.15 Å². The van der Waals surface area contributed by atoms with Crippen molar-refractivity contribution in [3.05, 3.63) is 58.8 Å². The molecule has 0 N–H and O–H groups in total. The Labute approximate surface area is 141 Å². The Morgan fingerprint density at radius 1 is 1.04 bits per heavy atom. The fourth-order valence-corrected chi connectivity index (χ4v) is 2.51. The van der Waals surface area contributed by atoms with E-state index in [1.54, 1.807) is 12.1 Å². The zero-order chi connectivity index (χ0) is 17.1. The number of anilines is 1. The monoisotopic (exact) mass is 323 g/mol. The van der Waals surface area contributed by atoms with Gasteiger partial charge >= 0.3 is 0 Å². The number of hydrogen-bond donors (Lipinski definition) is 0. The fraction of sp³-hybridized carbons (Fsp3) is 0.250. The highest BCUT2D eigenvalue weighted by Crippen LogP contribution is 2.26. The number of fused-ring (bicyclic) bond motifs is 1. The third-order valence-electron chi connectivity index (χ3n) is 3.84. The molecule has 24 heavy (non-hydrogen) atoms. The molecule has 0 radical (unpaired) electrons. The lowest BCUT2D eigenvalue weighted by Gasteiger charge is -2.12. The van der Waals surface area contributed by atoms with Gasteiger partial charge in [0.2, 0.25) is 0 Å². The van der Waals surface area contributed by atoms with Crippen molar-refractivity contribution >= 4 is 16.7 Å². The minimum atomic E-state index is -0.0649. The molecule has 0 bridgehead atoms. The molecule has 0 aliphatic carbocycles. The van der Waals surface area contributed by atoms with Crippen LogP contribution in [0, 0.1) is 0 Å². The lowest BCUT2D eigenvalue weighted by molar-refractivity contribution is 0.317. The summed E-state index contributed by atoms with van der Waals surface area (Å²) >= 11 is 0. The highest BCUT2D eigenvalue weighted by molar-refractivity contribution is 5.80. The molecule has 124 valence electrons. The first-order valence-corrected chi connectivity index (χ1v) is 8.07. The predicted octanol–water partition coefficient (Wildman–Crippen LogP) is 4.31. The molecule has 0 amide bonds. The molecule has 0 fully saturated rings. The van der Waals surface area contributed by atoms with Crippen LogP contribution in [0.2, 0.25) is 0 Å². The molecule has 0 saturated carbocycles. The van der Waals surface area contributed by atoms with Gasteiger partial charge < -0.3 is 14.1 Å². The van der Waals surface area contributed by atoms with E-state index >= 15 is 0 Å². The van der Waals surface area contributed by atoms with Gasteiger partial charge in [-0.15, -0.1) is 0 Å². The molecule has 0 unspecified atom stereocenters. The number of hydrogen-bond acceptors (Lipinski definition) is 4. The molecule has 3 aromatic rings. The second-order valence-corrected chi connectivity index (χ2v) is 5.92. The minimum absolute atomic E-state index is 0.0649. The average molecular weight is 323 g/mol. The van der Waals surface area contributed by atoms with E-state index in [0.717, 1.165) is 17.7 Å². The Balaban J connectivity index is 2.00. The van der Waals surface area contributed by atoms with Crippen LogP contribution in [-0.2, 0) is 0 Å². The standard InChI is InChI=1S/C20H21NO3/c1-4-11-23-16-9-10-19-17(12-16)18(22)13-20(24-19)14-5-7-15(8-6-14)21(2)3/h5-10,12-13H,4,11H2,1-3H3. The smallest absolute Gasteiger partial charge is 0.193 e. The molecule has 2 aromatic carbocycles. The van der Waals surface area contributed by atoms with Crippen LogP contribution in [0.1, 0.15) is 13.3 Å². The fourth-order valence-electron chi connectivity index (χ4n) is 2.51. The molecule has 0 aliphatic rings. The van der Waals surface area contributed by atoms with Crippen molar-refractivity contribution in [1.82, 2.24) is 0 Å². The maximum atomic E-state index is 12.5. The van der Waals surface area contributed by atoms with Crippen molar-refractivity contribution in [1.29, 1.82) is 0 Å². The van der Waals surface area contributed by atoms with Crippen molar-refractivity contribution in [2.45, 2.75) is 13.3 Å². The van der Waals surface area contributed by atoms with E-state index in [9.17, 15) is 4.79 Å². The van der Waals surface area contributed by atoms with Crippen LogP contribution < -0.4 is 15.1 Å². The second kappa shape index (κ2) is 6.79. The van der Waals surface area contributed by atoms with Crippen molar-refractivity contribution in [3.8, 4) is 17.1 Å². The Hall–Kier alpha value is -2.75. The van der Waals surface area contributed by atoms with E-state index in [4.69, 9.17) is 9.15 Å². The number of rotatable bonds is 5. The molecule has 0 aliphatic heterocycles. The second-order valence-electron chi connectivity index (χ2n) is 5.92. The van der Waals surface area contributed by atoms with Gasteiger partial charge in [-0.25, -0.2) is 0 Å². The van der Waals surface area contributed by atoms with Crippen molar-refractivity contribution in [2.75, 3.05) is 25.6 Å². The van der Waals surface area contributed by atoms with E-state index in [0.29, 0.717) is 29.1 Å². The summed E-state index contributed by atoms with van der Waals surface area (Å²) in [7, 11) is 3.98. The van der Waals surface area contributed by atoms with Crippen LogP contribution in [0.25, 0.3) is 22.3 Å². The van der Waals surface area contributed by atoms with Gasteiger partial charge in [-0.3, -0.25) is 4.79 Å². The molecule has 3 rings (SSSR count). The largest absolute Gasteiger partial charge is 0.494 e. The van der Waals surface area contributed by atoms with Gasteiger partial charge in [0.25, 0.3) is 0 Å². The van der Waals surface area contributed by atoms with Gasteiger partial charge in [-0.2, -0.15) is 0 Å². The van der Waals surface area contributed by atoms with E-state index in [1.165, 1.54) is 6.07 Å². The van der Waals surface area contributed by atoms with Gasteiger partial charge in [-0.05, 0) is 48.9 Å². The molecule has 0 atom stereocenters. The number of nitrogens with zero attached hydrogens (tertiary/aromatic N) is 1. The lowest BCUT2D eigenvalue weighted by atomic mass is 10.1. The van der Waals surface area contributed by atoms with E-state index in [2.05, 4.69) is 0 Å². The first kappa shape index (κ1) is 16.1. The highest BCUT2D eigenvalue weighted by atomic mass is 16.5. The SMILES string of the molecule is CCCOc1ccc2oc(-c3ccc(N(C)C)cc3)cc(=O)c2c1. The molecule has 1 aromatic heterocycles. The summed E-state index contributed by atoms with van der Waals surface area (Å²) in [6.07, 6.45) is 0.925. The lowest BCUT2D eigenvalue weighted by Crippen LogP contribution is -2.08. The van der Waals surface area contributed by atoms with E-state index in [-0.39, 0.29) is 5.43 Å². The van der Waals surface area contributed by atoms with Gasteiger partial charge in [0.15, 0.2) is 5.43 Å². The third kappa shape index (κ3) is 3.27. The van der Waals surface area contributed by atoms with E-state index in [1.807, 2.05) is 56.3 Å². The zero-order valence-corrected chi connectivity index (χ0v) is 14.2. The predicted molar refractivity (Wildman–Crippen MR) is 98.0 cm³/mol. The van der Waals surface area contributed by atoms with Gasteiger partial charge in [0.1, 0.15) is 17.1 Å². The summed E-state index contributed by atoms with van der Waals surface area (Å²) in [6, 6.07) is 14.8. The summed E-state index contributed by atoms with van der Waals surface area (Å²) < 4.78 is 11.5. The molecular weight excluding hydrogens is 302 g/mol. The molecule has 4 nitrogen and oxygen atoms in total. The van der Waals surface area contributed by atoms with Crippen LogP contribution in [0.5, 0.6) is 5.75 Å². The highest BCUT2D eigenvalue weighted by Gasteiger charge is 2.08. The Bertz CT molecular complexity index is 895.